The van der Waals surface area contributed by atoms with E-state index in [1.807, 2.05) is 29.3 Å². The molecule has 1 amide bonds. The van der Waals surface area contributed by atoms with E-state index in [2.05, 4.69) is 10.1 Å². The molecule has 1 saturated carbocycles. The highest BCUT2D eigenvalue weighted by molar-refractivity contribution is 7.13. The summed E-state index contributed by atoms with van der Waals surface area (Å²) in [4.78, 5) is 25.8. The number of carbonyl (C=O) groups excluding carboxylic acids is 1. The van der Waals surface area contributed by atoms with Crippen LogP contribution >= 0.6 is 11.3 Å². The maximum atomic E-state index is 13.6. The first-order valence-electron chi connectivity index (χ1n) is 11.1. The predicted octanol–water partition coefficient (Wildman–Crippen LogP) is 5.13. The molecule has 0 radical (unpaired) electrons. The third-order valence-electron chi connectivity index (χ3n) is 6.69. The van der Waals surface area contributed by atoms with Crippen molar-refractivity contribution < 1.29 is 9.18 Å². The zero-order valence-corrected chi connectivity index (χ0v) is 18.9. The second kappa shape index (κ2) is 7.88. The maximum absolute atomic E-state index is 13.6. The van der Waals surface area contributed by atoms with Gasteiger partial charge in [-0.25, -0.2) is 14.4 Å². The van der Waals surface area contributed by atoms with Crippen LogP contribution in [-0.2, 0) is 0 Å². The molecule has 2 aliphatic rings. The largest absolute Gasteiger partial charge is 0.335 e. The molecule has 6 rings (SSSR count). The van der Waals surface area contributed by atoms with Gasteiger partial charge >= 0.3 is 0 Å². The van der Waals surface area contributed by atoms with Crippen LogP contribution in [0.2, 0.25) is 0 Å². The van der Waals surface area contributed by atoms with Crippen LogP contribution in [0.3, 0.4) is 0 Å². The number of likely N-dealkylation sites (tertiary alicyclic amines) is 1. The molecule has 2 bridgehead atoms. The quantitative estimate of drug-likeness (QED) is 0.424. The van der Waals surface area contributed by atoms with Crippen LogP contribution in [0.25, 0.3) is 27.8 Å². The fraction of sp³-hybridized carbons (Fsp3) is 0.280. The van der Waals surface area contributed by atoms with Gasteiger partial charge in [0, 0.05) is 24.3 Å². The lowest BCUT2D eigenvalue weighted by molar-refractivity contribution is 0.0704. The summed E-state index contributed by atoms with van der Waals surface area (Å²) in [6.45, 7) is 2.75. The molecular weight excluding hydrogens is 437 g/mol. The summed E-state index contributed by atoms with van der Waals surface area (Å²) in [6.07, 6.45) is 6.79. The Hall–Kier alpha value is -3.39. The minimum absolute atomic E-state index is 0.0303. The lowest BCUT2D eigenvalue weighted by Gasteiger charge is -2.27. The van der Waals surface area contributed by atoms with Gasteiger partial charge in [-0.1, -0.05) is 6.07 Å². The number of fused-ring (bicyclic) bond motifs is 2. The standard InChI is InChI=1S/C25H22FN5OS/c1-15-12-27-25(29-22(15)17-5-7-18(26)8-6-17)31-23(21-3-2-10-33-21)20(13-28-31)24(32)30-14-16-4-9-19(30)11-16/h2-3,5-8,10,12-13,16,19H,4,9,11,14H2,1H3/t16-,19-/m1/s1. The van der Waals surface area contributed by atoms with Gasteiger partial charge in [-0.3, -0.25) is 4.79 Å². The second-order valence-electron chi connectivity index (χ2n) is 8.79. The zero-order chi connectivity index (χ0) is 22.5. The van der Waals surface area contributed by atoms with Crippen molar-refractivity contribution in [2.24, 2.45) is 5.92 Å². The van der Waals surface area contributed by atoms with Gasteiger partial charge in [0.25, 0.3) is 11.9 Å². The number of piperidine rings is 1. The summed E-state index contributed by atoms with van der Waals surface area (Å²) >= 11 is 1.56. The van der Waals surface area contributed by atoms with Gasteiger partial charge < -0.3 is 4.90 Å². The number of aromatic nitrogens is 4. The molecule has 1 aliphatic carbocycles. The van der Waals surface area contributed by atoms with Crippen LogP contribution in [0.4, 0.5) is 4.39 Å². The van der Waals surface area contributed by atoms with Crippen LogP contribution < -0.4 is 0 Å². The Bertz CT molecular complexity index is 1330. The number of carbonyl (C=O) groups is 1. The molecule has 0 spiro atoms. The first-order chi connectivity index (χ1) is 16.1. The Morgan fingerprint density at radius 1 is 1.15 bits per heavy atom. The number of nitrogens with zero attached hydrogens (tertiary/aromatic N) is 5. The van der Waals surface area contributed by atoms with E-state index in [0.29, 0.717) is 34.9 Å². The summed E-state index contributed by atoms with van der Waals surface area (Å²) in [5, 5.41) is 6.55. The first-order valence-corrected chi connectivity index (χ1v) is 12.0. The molecule has 166 valence electrons. The molecular formula is C25H22FN5OS. The molecule has 3 aromatic heterocycles. The fourth-order valence-electron chi connectivity index (χ4n) is 5.07. The molecule has 4 aromatic rings. The number of rotatable bonds is 4. The zero-order valence-electron chi connectivity index (χ0n) is 18.1. The van der Waals surface area contributed by atoms with Crippen molar-refractivity contribution in [2.75, 3.05) is 6.54 Å². The molecule has 0 N–H and O–H groups in total. The number of hydrogen-bond donors (Lipinski definition) is 0. The molecule has 0 unspecified atom stereocenters. The topological polar surface area (TPSA) is 63.9 Å². The van der Waals surface area contributed by atoms with Crippen LogP contribution in [-0.4, -0.2) is 43.1 Å². The highest BCUT2D eigenvalue weighted by Gasteiger charge is 2.41. The van der Waals surface area contributed by atoms with E-state index in [1.165, 1.54) is 18.6 Å². The smallest absolute Gasteiger partial charge is 0.258 e. The number of benzene rings is 1. The number of hydrogen-bond acceptors (Lipinski definition) is 5. The van der Waals surface area contributed by atoms with Crippen molar-refractivity contribution >= 4 is 17.2 Å². The highest BCUT2D eigenvalue weighted by atomic mass is 32.1. The minimum Gasteiger partial charge on any atom is -0.335 e. The highest BCUT2D eigenvalue weighted by Crippen LogP contribution is 2.39. The Balaban J connectivity index is 1.45. The number of thiophene rings is 1. The molecule has 6 nitrogen and oxygen atoms in total. The van der Waals surface area contributed by atoms with Gasteiger partial charge in [-0.05, 0) is 73.4 Å². The minimum atomic E-state index is -0.295. The van der Waals surface area contributed by atoms with Crippen LogP contribution in [0.15, 0.2) is 54.2 Å². The summed E-state index contributed by atoms with van der Waals surface area (Å²) in [5.74, 6) is 0.738. The normalized spacial score (nSPS) is 19.4. The van der Waals surface area contributed by atoms with Crippen molar-refractivity contribution in [3.8, 4) is 27.8 Å². The molecule has 1 aromatic carbocycles. The lowest BCUT2D eigenvalue weighted by atomic mass is 10.1. The van der Waals surface area contributed by atoms with Gasteiger partial charge in [0.2, 0.25) is 0 Å². The third kappa shape index (κ3) is 3.45. The monoisotopic (exact) mass is 459 g/mol. The fourth-order valence-corrected chi connectivity index (χ4v) is 5.84. The Labute approximate surface area is 194 Å². The van der Waals surface area contributed by atoms with Crippen molar-refractivity contribution in [1.82, 2.24) is 24.6 Å². The molecule has 1 saturated heterocycles. The second-order valence-corrected chi connectivity index (χ2v) is 9.74. The SMILES string of the molecule is Cc1cnc(-n2ncc(C(=O)N3C[C@@H]4CC[C@@H]3C4)c2-c2cccs2)nc1-c1ccc(F)cc1. The lowest BCUT2D eigenvalue weighted by Crippen LogP contribution is -2.37. The van der Waals surface area contributed by atoms with E-state index >= 15 is 0 Å². The summed E-state index contributed by atoms with van der Waals surface area (Å²) < 4.78 is 15.1. The van der Waals surface area contributed by atoms with Gasteiger partial charge in [-0.15, -0.1) is 11.3 Å². The van der Waals surface area contributed by atoms with Crippen molar-refractivity contribution in [2.45, 2.75) is 32.2 Å². The van der Waals surface area contributed by atoms with Crippen molar-refractivity contribution in [3.63, 3.8) is 0 Å². The molecule has 4 heterocycles. The van der Waals surface area contributed by atoms with Crippen molar-refractivity contribution in [1.29, 1.82) is 0 Å². The summed E-state index contributed by atoms with van der Waals surface area (Å²) in [6, 6.07) is 10.5. The average Bonchev–Trinajstić information content (AvgIpc) is 3.63. The van der Waals surface area contributed by atoms with E-state index in [1.54, 1.807) is 40.5 Å². The van der Waals surface area contributed by atoms with Crippen LogP contribution in [0, 0.1) is 18.7 Å². The van der Waals surface area contributed by atoms with E-state index in [4.69, 9.17) is 4.98 Å². The van der Waals surface area contributed by atoms with E-state index < -0.39 is 0 Å². The van der Waals surface area contributed by atoms with Gasteiger partial charge in [0.05, 0.1) is 22.3 Å². The molecule has 33 heavy (non-hydrogen) atoms. The molecule has 2 fully saturated rings. The van der Waals surface area contributed by atoms with E-state index in [-0.39, 0.29) is 11.7 Å². The van der Waals surface area contributed by atoms with Gasteiger partial charge in [-0.2, -0.15) is 9.78 Å². The average molecular weight is 460 g/mol. The van der Waals surface area contributed by atoms with Crippen molar-refractivity contribution in [3.05, 3.63) is 71.1 Å². The maximum Gasteiger partial charge on any atom is 0.258 e. The predicted molar refractivity (Wildman–Crippen MR) is 125 cm³/mol. The van der Waals surface area contributed by atoms with E-state index in [9.17, 15) is 9.18 Å². The van der Waals surface area contributed by atoms with Gasteiger partial charge in [0.15, 0.2) is 0 Å². The number of halogens is 1. The first kappa shape index (κ1) is 20.2. The van der Waals surface area contributed by atoms with Crippen LogP contribution in [0.1, 0.15) is 35.2 Å². The molecule has 8 heteroatoms. The Kier molecular flexibility index (Phi) is 4.83. The van der Waals surface area contributed by atoms with E-state index in [0.717, 1.165) is 35.4 Å². The molecule has 1 aliphatic heterocycles. The molecule has 2 atom stereocenters. The number of amides is 1. The van der Waals surface area contributed by atoms with Crippen LogP contribution in [0.5, 0.6) is 0 Å². The third-order valence-corrected chi connectivity index (χ3v) is 7.57. The summed E-state index contributed by atoms with van der Waals surface area (Å²) in [7, 11) is 0. The Morgan fingerprint density at radius 2 is 2.00 bits per heavy atom. The number of aryl methyl sites for hydroxylation is 1. The summed E-state index contributed by atoms with van der Waals surface area (Å²) in [5.41, 5.74) is 3.67. The Morgan fingerprint density at radius 3 is 2.70 bits per heavy atom. The van der Waals surface area contributed by atoms with Gasteiger partial charge in [0.1, 0.15) is 11.5 Å².